The van der Waals surface area contributed by atoms with Gasteiger partial charge >= 0.3 is 0 Å². The van der Waals surface area contributed by atoms with Gasteiger partial charge in [0.15, 0.2) is 11.5 Å². The predicted molar refractivity (Wildman–Crippen MR) is 102 cm³/mol. The second-order valence-corrected chi connectivity index (χ2v) is 6.28. The van der Waals surface area contributed by atoms with Crippen molar-refractivity contribution in [3.8, 4) is 22.9 Å². The molecule has 0 fully saturated rings. The second-order valence-electron chi connectivity index (χ2n) is 6.28. The molecule has 0 aliphatic carbocycles. The van der Waals surface area contributed by atoms with Crippen LogP contribution in [0.5, 0.6) is 0 Å². The largest absolute Gasteiger partial charge is 0.352 e. The van der Waals surface area contributed by atoms with Crippen LogP contribution < -0.4 is 0 Å². The summed E-state index contributed by atoms with van der Waals surface area (Å²) in [6, 6.07) is 7.87. The van der Waals surface area contributed by atoms with E-state index in [1.165, 1.54) is 0 Å². The van der Waals surface area contributed by atoms with E-state index in [0.717, 1.165) is 44.5 Å². The van der Waals surface area contributed by atoms with Gasteiger partial charge in [-0.3, -0.25) is 9.97 Å². The van der Waals surface area contributed by atoms with Crippen molar-refractivity contribution in [2.24, 2.45) is 0 Å². The van der Waals surface area contributed by atoms with E-state index < -0.39 is 0 Å². The quantitative estimate of drug-likeness (QED) is 0.442. The number of aromatic amines is 3. The number of pyridine rings is 2. The van der Waals surface area contributed by atoms with Crippen LogP contribution in [0.15, 0.2) is 55.2 Å². The third-order valence-electron chi connectivity index (χ3n) is 4.57. The minimum atomic E-state index is 0.667. The molecule has 6 aromatic rings. The lowest BCUT2D eigenvalue weighted by Gasteiger charge is -1.96. The van der Waals surface area contributed by atoms with E-state index in [0.29, 0.717) is 11.5 Å². The summed E-state index contributed by atoms with van der Waals surface area (Å²) in [6.07, 6.45) is 8.89. The highest BCUT2D eigenvalue weighted by molar-refractivity contribution is 5.87. The molecule has 0 saturated carbocycles. The van der Waals surface area contributed by atoms with Crippen LogP contribution in [0.4, 0.5) is 0 Å². The van der Waals surface area contributed by atoms with Crippen molar-refractivity contribution in [1.82, 2.24) is 39.9 Å². The monoisotopic (exact) mass is 352 g/mol. The van der Waals surface area contributed by atoms with E-state index in [4.69, 9.17) is 0 Å². The van der Waals surface area contributed by atoms with Gasteiger partial charge in [0.25, 0.3) is 0 Å². The molecule has 128 valence electrons. The molecule has 6 heterocycles. The second kappa shape index (κ2) is 5.21. The standard InChI is InChI=1S/C19H12N8/c1-3-20-7-15-10(1)5-13(25-15)12-6-14-16(8-22-12)27-19(26-14)17-9-23-18-11(24-17)2-4-21-18/h1-9,25H,(H,21,23)(H,26,27). The molecule has 27 heavy (non-hydrogen) atoms. The van der Waals surface area contributed by atoms with Crippen molar-refractivity contribution in [3.05, 3.63) is 55.2 Å². The maximum atomic E-state index is 4.68. The van der Waals surface area contributed by atoms with Gasteiger partial charge in [-0.2, -0.15) is 0 Å². The van der Waals surface area contributed by atoms with Gasteiger partial charge in [-0.15, -0.1) is 0 Å². The Kier molecular flexibility index (Phi) is 2.73. The maximum absolute atomic E-state index is 4.68. The molecular formula is C19H12N8. The molecule has 0 atom stereocenters. The number of fused-ring (bicyclic) bond motifs is 3. The number of nitrogens with one attached hydrogen (secondary N) is 3. The molecule has 0 saturated heterocycles. The Morgan fingerprint density at radius 1 is 0.778 bits per heavy atom. The molecule has 0 bridgehead atoms. The van der Waals surface area contributed by atoms with Crippen molar-refractivity contribution in [2.45, 2.75) is 0 Å². The van der Waals surface area contributed by atoms with Crippen molar-refractivity contribution in [1.29, 1.82) is 0 Å². The maximum Gasteiger partial charge on any atom is 0.158 e. The van der Waals surface area contributed by atoms with Crippen molar-refractivity contribution >= 4 is 33.1 Å². The Labute approximate surface area is 151 Å². The zero-order valence-corrected chi connectivity index (χ0v) is 13.9. The topological polar surface area (TPSA) is 112 Å². The highest BCUT2D eigenvalue weighted by atomic mass is 15.0. The zero-order valence-electron chi connectivity index (χ0n) is 13.9. The summed E-state index contributed by atoms with van der Waals surface area (Å²) < 4.78 is 0. The number of rotatable bonds is 2. The molecule has 6 rings (SSSR count). The molecule has 0 aromatic carbocycles. The fourth-order valence-electron chi connectivity index (χ4n) is 3.23. The van der Waals surface area contributed by atoms with Crippen LogP contribution >= 0.6 is 0 Å². The normalized spacial score (nSPS) is 11.7. The summed E-state index contributed by atoms with van der Waals surface area (Å²) in [7, 11) is 0. The van der Waals surface area contributed by atoms with Gasteiger partial charge in [0, 0.05) is 17.8 Å². The summed E-state index contributed by atoms with van der Waals surface area (Å²) >= 11 is 0. The average molecular weight is 352 g/mol. The van der Waals surface area contributed by atoms with Crippen molar-refractivity contribution in [2.75, 3.05) is 0 Å². The summed E-state index contributed by atoms with van der Waals surface area (Å²) in [5.74, 6) is 0.667. The van der Waals surface area contributed by atoms with E-state index >= 15 is 0 Å². The van der Waals surface area contributed by atoms with E-state index in [1.54, 1.807) is 24.8 Å². The molecule has 0 amide bonds. The number of aromatic nitrogens is 8. The molecule has 0 aliphatic heterocycles. The third-order valence-corrected chi connectivity index (χ3v) is 4.57. The van der Waals surface area contributed by atoms with Crippen LogP contribution in [0.1, 0.15) is 0 Å². The average Bonchev–Trinajstić information content (AvgIpc) is 3.42. The first-order chi connectivity index (χ1) is 13.3. The minimum absolute atomic E-state index is 0.667. The van der Waals surface area contributed by atoms with Crippen LogP contribution in [0, 0.1) is 0 Å². The van der Waals surface area contributed by atoms with Gasteiger partial charge in [0.1, 0.15) is 11.2 Å². The van der Waals surface area contributed by atoms with Gasteiger partial charge in [0.2, 0.25) is 0 Å². The van der Waals surface area contributed by atoms with Crippen LogP contribution in [0.2, 0.25) is 0 Å². The summed E-state index contributed by atoms with van der Waals surface area (Å²) in [4.78, 5) is 32.0. The molecule has 0 aliphatic rings. The highest BCUT2D eigenvalue weighted by Gasteiger charge is 2.11. The first kappa shape index (κ1) is 14.1. The van der Waals surface area contributed by atoms with Crippen LogP contribution in [-0.4, -0.2) is 39.9 Å². The summed E-state index contributed by atoms with van der Waals surface area (Å²) in [5.41, 5.74) is 6.65. The smallest absolute Gasteiger partial charge is 0.158 e. The summed E-state index contributed by atoms with van der Waals surface area (Å²) in [5, 5.41) is 1.10. The Morgan fingerprint density at radius 3 is 2.74 bits per heavy atom. The Bertz CT molecular complexity index is 1410. The van der Waals surface area contributed by atoms with Crippen LogP contribution in [0.25, 0.3) is 56.0 Å². The van der Waals surface area contributed by atoms with Gasteiger partial charge in [-0.25, -0.2) is 15.0 Å². The fourth-order valence-corrected chi connectivity index (χ4v) is 3.23. The zero-order chi connectivity index (χ0) is 17.8. The molecule has 0 unspecified atom stereocenters. The number of imidazole rings is 1. The highest BCUT2D eigenvalue weighted by Crippen LogP contribution is 2.25. The van der Waals surface area contributed by atoms with Crippen LogP contribution in [0.3, 0.4) is 0 Å². The Morgan fingerprint density at radius 2 is 1.78 bits per heavy atom. The molecule has 6 aromatic heterocycles. The van der Waals surface area contributed by atoms with E-state index in [2.05, 4.69) is 45.9 Å². The van der Waals surface area contributed by atoms with Crippen LogP contribution in [-0.2, 0) is 0 Å². The minimum Gasteiger partial charge on any atom is -0.352 e. The fraction of sp³-hybridized carbons (Fsp3) is 0. The molecule has 8 nitrogen and oxygen atoms in total. The number of hydrogen-bond donors (Lipinski definition) is 3. The molecule has 0 radical (unpaired) electrons. The predicted octanol–water partition coefficient (Wildman–Crippen LogP) is 3.44. The summed E-state index contributed by atoms with van der Waals surface area (Å²) in [6.45, 7) is 0. The molecule has 3 N–H and O–H groups in total. The van der Waals surface area contributed by atoms with E-state index in [-0.39, 0.29) is 0 Å². The van der Waals surface area contributed by atoms with E-state index in [9.17, 15) is 0 Å². The SMILES string of the molecule is c1cc2cc(-c3cc4nc(-c5cnc6[nH]ccc6n5)[nH]c4cn3)[nH]c2cn1. The lowest BCUT2D eigenvalue weighted by molar-refractivity contribution is 1.21. The molecule has 8 heteroatoms. The van der Waals surface area contributed by atoms with Gasteiger partial charge in [0.05, 0.1) is 46.5 Å². The van der Waals surface area contributed by atoms with Crippen molar-refractivity contribution < 1.29 is 0 Å². The molecule has 0 spiro atoms. The van der Waals surface area contributed by atoms with Gasteiger partial charge in [-0.05, 0) is 24.3 Å². The number of nitrogens with zero attached hydrogens (tertiary/aromatic N) is 5. The number of hydrogen-bond acceptors (Lipinski definition) is 5. The lowest BCUT2D eigenvalue weighted by atomic mass is 10.2. The molecular weight excluding hydrogens is 340 g/mol. The van der Waals surface area contributed by atoms with E-state index in [1.807, 2.05) is 24.4 Å². The van der Waals surface area contributed by atoms with Gasteiger partial charge in [-0.1, -0.05) is 0 Å². The Balaban J connectivity index is 1.46. The van der Waals surface area contributed by atoms with Crippen molar-refractivity contribution in [3.63, 3.8) is 0 Å². The lowest BCUT2D eigenvalue weighted by Crippen LogP contribution is -1.88. The number of H-pyrrole nitrogens is 3. The van der Waals surface area contributed by atoms with Gasteiger partial charge < -0.3 is 15.0 Å². The third kappa shape index (κ3) is 2.20. The Hall–Kier alpha value is -4.07. The first-order valence-electron chi connectivity index (χ1n) is 8.43. The first-order valence-corrected chi connectivity index (χ1v) is 8.43.